The third-order valence-corrected chi connectivity index (χ3v) is 3.47. The van der Waals surface area contributed by atoms with Gasteiger partial charge in [-0.2, -0.15) is 0 Å². The van der Waals surface area contributed by atoms with Crippen LogP contribution in [0.3, 0.4) is 0 Å². The largest absolute Gasteiger partial charge is 0.340 e. The first kappa shape index (κ1) is 15.4. The molecule has 1 saturated heterocycles. The summed E-state index contributed by atoms with van der Waals surface area (Å²) in [5.74, 6) is 0.400. The molecule has 1 aromatic heterocycles. The molecule has 0 aromatic carbocycles. The summed E-state index contributed by atoms with van der Waals surface area (Å²) < 4.78 is 1.60. The summed E-state index contributed by atoms with van der Waals surface area (Å²) in [6.45, 7) is 7.36. The van der Waals surface area contributed by atoms with Crippen LogP contribution in [0.2, 0.25) is 0 Å². The van der Waals surface area contributed by atoms with Crippen molar-refractivity contribution in [3.05, 3.63) is 24.6 Å². The van der Waals surface area contributed by atoms with Gasteiger partial charge >= 0.3 is 0 Å². The summed E-state index contributed by atoms with van der Waals surface area (Å²) in [6.07, 6.45) is 7.99. The van der Waals surface area contributed by atoms with Crippen molar-refractivity contribution in [3.8, 4) is 0 Å². The molecule has 1 amide bonds. The van der Waals surface area contributed by atoms with Crippen molar-refractivity contribution in [2.75, 3.05) is 26.2 Å². The standard InChI is InChI=1S/C14H22N6O/c1-3-13(20-11-16-17-18-20)5-4-12(2)10-14(21)19-8-6-15-7-9-19/h3-5,11-12,15H,6-10H2,1-2H3. The molecule has 1 aliphatic heterocycles. The van der Waals surface area contributed by atoms with Crippen molar-refractivity contribution in [2.24, 2.45) is 5.92 Å². The van der Waals surface area contributed by atoms with Gasteiger partial charge < -0.3 is 10.2 Å². The van der Waals surface area contributed by atoms with Gasteiger partial charge in [-0.25, -0.2) is 4.68 Å². The highest BCUT2D eigenvalue weighted by Crippen LogP contribution is 2.11. The van der Waals surface area contributed by atoms with Crippen molar-refractivity contribution < 1.29 is 4.79 Å². The number of hydrogen-bond acceptors (Lipinski definition) is 5. The molecule has 2 heterocycles. The molecule has 1 atom stereocenters. The lowest BCUT2D eigenvalue weighted by Crippen LogP contribution is -2.46. The van der Waals surface area contributed by atoms with E-state index >= 15 is 0 Å². The van der Waals surface area contributed by atoms with Crippen molar-refractivity contribution in [3.63, 3.8) is 0 Å². The molecule has 0 spiro atoms. The number of nitrogens with zero attached hydrogens (tertiary/aromatic N) is 5. The molecule has 114 valence electrons. The van der Waals surface area contributed by atoms with E-state index in [9.17, 15) is 4.79 Å². The minimum atomic E-state index is 0.179. The maximum Gasteiger partial charge on any atom is 0.223 e. The maximum absolute atomic E-state index is 12.2. The van der Waals surface area contributed by atoms with E-state index in [0.717, 1.165) is 31.9 Å². The fourth-order valence-corrected chi connectivity index (χ4v) is 2.23. The topological polar surface area (TPSA) is 75.9 Å². The highest BCUT2D eigenvalue weighted by molar-refractivity contribution is 5.76. The Bertz CT molecular complexity index is 502. The SMILES string of the molecule is CC=C(C=CC(C)CC(=O)N1CCNCC1)n1cnnn1. The lowest BCUT2D eigenvalue weighted by molar-refractivity contribution is -0.132. The van der Waals surface area contributed by atoms with Gasteiger partial charge in [0, 0.05) is 32.6 Å². The van der Waals surface area contributed by atoms with Crippen molar-refractivity contribution in [2.45, 2.75) is 20.3 Å². The molecule has 0 radical (unpaired) electrons. The third kappa shape index (κ3) is 4.49. The van der Waals surface area contributed by atoms with E-state index in [1.165, 1.54) is 0 Å². The van der Waals surface area contributed by atoms with Gasteiger partial charge in [0.25, 0.3) is 0 Å². The zero-order chi connectivity index (χ0) is 15.1. The zero-order valence-electron chi connectivity index (χ0n) is 12.6. The zero-order valence-corrected chi connectivity index (χ0v) is 12.6. The minimum absolute atomic E-state index is 0.179. The van der Waals surface area contributed by atoms with Gasteiger partial charge in [-0.05, 0) is 29.3 Å². The average Bonchev–Trinajstić information content (AvgIpc) is 3.03. The van der Waals surface area contributed by atoms with Gasteiger partial charge in [0.2, 0.25) is 5.91 Å². The lowest BCUT2D eigenvalue weighted by atomic mass is 10.1. The van der Waals surface area contributed by atoms with Crippen LogP contribution in [0.1, 0.15) is 20.3 Å². The smallest absolute Gasteiger partial charge is 0.223 e. The minimum Gasteiger partial charge on any atom is -0.340 e. The fourth-order valence-electron chi connectivity index (χ4n) is 2.23. The number of tetrazole rings is 1. The second-order valence-corrected chi connectivity index (χ2v) is 5.14. The van der Waals surface area contributed by atoms with Crippen molar-refractivity contribution >= 4 is 11.6 Å². The van der Waals surface area contributed by atoms with E-state index in [4.69, 9.17) is 0 Å². The van der Waals surface area contributed by atoms with E-state index < -0.39 is 0 Å². The second-order valence-electron chi connectivity index (χ2n) is 5.14. The van der Waals surface area contributed by atoms with Crippen LogP contribution in [0.25, 0.3) is 5.70 Å². The predicted molar refractivity (Wildman–Crippen MR) is 80.1 cm³/mol. The Morgan fingerprint density at radius 3 is 2.81 bits per heavy atom. The van der Waals surface area contributed by atoms with Crippen LogP contribution in [0, 0.1) is 5.92 Å². The summed E-state index contributed by atoms with van der Waals surface area (Å²) in [5.41, 5.74) is 0.890. The van der Waals surface area contributed by atoms with Gasteiger partial charge in [0.15, 0.2) is 0 Å². The van der Waals surface area contributed by atoms with E-state index in [1.807, 2.05) is 37.0 Å². The van der Waals surface area contributed by atoms with Crippen LogP contribution >= 0.6 is 0 Å². The van der Waals surface area contributed by atoms with Gasteiger partial charge in [-0.15, -0.1) is 5.10 Å². The molecule has 2 rings (SSSR count). The molecule has 1 aromatic rings. The number of amides is 1. The summed E-state index contributed by atoms with van der Waals surface area (Å²) in [5, 5.41) is 14.3. The number of nitrogens with one attached hydrogen (secondary N) is 1. The molecule has 1 aliphatic rings. The third-order valence-electron chi connectivity index (χ3n) is 3.47. The fraction of sp³-hybridized carbons (Fsp3) is 0.571. The van der Waals surface area contributed by atoms with Gasteiger partial charge in [0.05, 0.1) is 5.70 Å². The number of carbonyl (C=O) groups excluding carboxylic acids is 1. The number of piperazine rings is 1. The number of rotatable bonds is 5. The summed E-state index contributed by atoms with van der Waals surface area (Å²) in [4.78, 5) is 14.1. The van der Waals surface area contributed by atoms with Gasteiger partial charge in [-0.3, -0.25) is 4.79 Å². The van der Waals surface area contributed by atoms with Crippen LogP contribution in [0.15, 0.2) is 24.6 Å². The highest BCUT2D eigenvalue weighted by atomic mass is 16.2. The number of hydrogen-bond donors (Lipinski definition) is 1. The Kier molecular flexibility index (Phi) is 5.62. The Morgan fingerprint density at radius 2 is 2.19 bits per heavy atom. The number of allylic oxidation sites excluding steroid dienone is 4. The molecule has 1 fully saturated rings. The molecule has 1 N–H and O–H groups in total. The summed E-state index contributed by atoms with van der Waals surface area (Å²) in [7, 11) is 0. The van der Waals surface area contributed by atoms with E-state index in [0.29, 0.717) is 6.42 Å². The molecule has 1 unspecified atom stereocenters. The first-order chi connectivity index (χ1) is 10.2. The first-order valence-corrected chi connectivity index (χ1v) is 7.27. The molecule has 21 heavy (non-hydrogen) atoms. The quantitative estimate of drug-likeness (QED) is 0.801. The van der Waals surface area contributed by atoms with Crippen LogP contribution in [-0.4, -0.2) is 57.2 Å². The van der Waals surface area contributed by atoms with E-state index in [-0.39, 0.29) is 11.8 Å². The first-order valence-electron chi connectivity index (χ1n) is 7.27. The monoisotopic (exact) mass is 290 g/mol. The molecular weight excluding hydrogens is 268 g/mol. The Labute approximate surface area is 124 Å². The second kappa shape index (κ2) is 7.68. The molecular formula is C14H22N6O. The van der Waals surface area contributed by atoms with Crippen molar-refractivity contribution in [1.82, 2.24) is 30.4 Å². The molecule has 7 heteroatoms. The van der Waals surface area contributed by atoms with Gasteiger partial charge in [-0.1, -0.05) is 19.1 Å². The summed E-state index contributed by atoms with van der Waals surface area (Å²) in [6, 6.07) is 0. The van der Waals surface area contributed by atoms with E-state index in [1.54, 1.807) is 11.0 Å². The Balaban J connectivity index is 1.87. The van der Waals surface area contributed by atoms with Crippen LogP contribution in [0.4, 0.5) is 0 Å². The molecule has 0 bridgehead atoms. The number of carbonyl (C=O) groups is 1. The van der Waals surface area contributed by atoms with Crippen LogP contribution < -0.4 is 5.32 Å². The highest BCUT2D eigenvalue weighted by Gasteiger charge is 2.17. The number of aromatic nitrogens is 4. The van der Waals surface area contributed by atoms with Crippen molar-refractivity contribution in [1.29, 1.82) is 0 Å². The molecule has 7 nitrogen and oxygen atoms in total. The predicted octanol–water partition coefficient (Wildman–Crippen LogP) is 0.548. The van der Waals surface area contributed by atoms with Crippen LogP contribution in [0.5, 0.6) is 0 Å². The molecule has 0 saturated carbocycles. The average molecular weight is 290 g/mol. The molecule has 0 aliphatic carbocycles. The lowest BCUT2D eigenvalue weighted by Gasteiger charge is -2.28. The van der Waals surface area contributed by atoms with Crippen LogP contribution in [-0.2, 0) is 4.79 Å². The van der Waals surface area contributed by atoms with Gasteiger partial charge in [0.1, 0.15) is 6.33 Å². The Hall–Kier alpha value is -2.02. The maximum atomic E-state index is 12.2. The normalized spacial score (nSPS) is 18.2. The summed E-state index contributed by atoms with van der Waals surface area (Å²) >= 11 is 0. The van der Waals surface area contributed by atoms with E-state index in [2.05, 4.69) is 20.8 Å². The Morgan fingerprint density at radius 1 is 1.43 bits per heavy atom.